The summed E-state index contributed by atoms with van der Waals surface area (Å²) in [5.41, 5.74) is 0. The average molecular weight is 320 g/mol. The lowest BCUT2D eigenvalue weighted by atomic mass is 9.84. The van der Waals surface area contributed by atoms with Gasteiger partial charge in [0.15, 0.2) is 0 Å². The minimum atomic E-state index is 0.312. The third-order valence-corrected chi connectivity index (χ3v) is 6.25. The van der Waals surface area contributed by atoms with Crippen molar-refractivity contribution in [3.8, 4) is 0 Å². The van der Waals surface area contributed by atoms with Gasteiger partial charge in [0.25, 0.3) is 0 Å². The molecule has 0 bridgehead atoms. The number of carbonyl (C=O) groups is 1. The standard InChI is InChI=1S/C16H24N4OS/c1-19(15(21)12-3-2-4-12)13-7-9-20(10-8-13)16-17-14(18-22-16)11-5-6-11/h11-13H,2-10H2,1H3. The van der Waals surface area contributed by atoms with E-state index in [1.54, 1.807) is 11.5 Å². The largest absolute Gasteiger partial charge is 0.347 e. The monoisotopic (exact) mass is 320 g/mol. The topological polar surface area (TPSA) is 49.3 Å². The van der Waals surface area contributed by atoms with E-state index >= 15 is 0 Å². The van der Waals surface area contributed by atoms with Gasteiger partial charge >= 0.3 is 0 Å². The molecular weight excluding hydrogens is 296 g/mol. The summed E-state index contributed by atoms with van der Waals surface area (Å²) in [6.07, 6.45) is 8.02. The van der Waals surface area contributed by atoms with Crippen molar-refractivity contribution in [3.05, 3.63) is 5.82 Å². The Balaban J connectivity index is 1.32. The van der Waals surface area contributed by atoms with Gasteiger partial charge in [-0.25, -0.2) is 4.98 Å². The summed E-state index contributed by atoms with van der Waals surface area (Å²) in [5, 5.41) is 1.08. The van der Waals surface area contributed by atoms with Crippen molar-refractivity contribution in [2.45, 2.75) is 56.9 Å². The van der Waals surface area contributed by atoms with Gasteiger partial charge in [-0.05, 0) is 38.5 Å². The molecule has 2 heterocycles. The summed E-state index contributed by atoms with van der Waals surface area (Å²) in [6, 6.07) is 0.403. The smallest absolute Gasteiger partial charge is 0.225 e. The van der Waals surface area contributed by atoms with Gasteiger partial charge in [-0.2, -0.15) is 4.37 Å². The molecule has 0 spiro atoms. The van der Waals surface area contributed by atoms with E-state index in [4.69, 9.17) is 4.98 Å². The number of piperidine rings is 1. The second kappa shape index (κ2) is 5.80. The molecule has 1 aromatic heterocycles. The molecule has 120 valence electrons. The molecule has 0 radical (unpaired) electrons. The van der Waals surface area contributed by atoms with Crippen LogP contribution >= 0.6 is 11.5 Å². The van der Waals surface area contributed by atoms with Crippen LogP contribution in [0.15, 0.2) is 0 Å². The van der Waals surface area contributed by atoms with Crippen molar-refractivity contribution >= 4 is 22.6 Å². The minimum absolute atomic E-state index is 0.312. The van der Waals surface area contributed by atoms with Crippen LogP contribution in [0, 0.1) is 5.92 Å². The molecule has 3 fully saturated rings. The van der Waals surface area contributed by atoms with Crippen LogP contribution in [0.2, 0.25) is 0 Å². The maximum atomic E-state index is 12.4. The lowest BCUT2D eigenvalue weighted by molar-refractivity contribution is -0.139. The van der Waals surface area contributed by atoms with Crippen molar-refractivity contribution in [1.29, 1.82) is 0 Å². The van der Waals surface area contributed by atoms with Crippen molar-refractivity contribution in [1.82, 2.24) is 14.3 Å². The third kappa shape index (κ3) is 2.73. The SMILES string of the molecule is CN(C(=O)C1CCC1)C1CCN(c2nc(C3CC3)ns2)CC1. The normalized spacial score (nSPS) is 23.4. The molecule has 0 atom stereocenters. The van der Waals surface area contributed by atoms with Gasteiger partial charge in [0.05, 0.1) is 0 Å². The van der Waals surface area contributed by atoms with E-state index in [1.165, 1.54) is 19.3 Å². The van der Waals surface area contributed by atoms with E-state index in [0.29, 0.717) is 23.8 Å². The fourth-order valence-electron chi connectivity index (χ4n) is 3.43. The van der Waals surface area contributed by atoms with Crippen molar-refractivity contribution in [3.63, 3.8) is 0 Å². The van der Waals surface area contributed by atoms with Gasteiger partial charge < -0.3 is 9.80 Å². The fraction of sp³-hybridized carbons (Fsp3) is 0.812. The summed E-state index contributed by atoms with van der Waals surface area (Å²) in [7, 11) is 2.00. The zero-order valence-electron chi connectivity index (χ0n) is 13.2. The van der Waals surface area contributed by atoms with Crippen molar-refractivity contribution in [2.24, 2.45) is 5.92 Å². The molecule has 3 aliphatic rings. The Morgan fingerprint density at radius 2 is 1.91 bits per heavy atom. The van der Waals surface area contributed by atoms with Crippen LogP contribution in [0.5, 0.6) is 0 Å². The molecule has 4 rings (SSSR count). The van der Waals surface area contributed by atoms with E-state index in [1.807, 2.05) is 11.9 Å². The van der Waals surface area contributed by atoms with Gasteiger partial charge in [0.1, 0.15) is 5.82 Å². The molecule has 22 heavy (non-hydrogen) atoms. The van der Waals surface area contributed by atoms with E-state index < -0.39 is 0 Å². The number of hydrogen-bond donors (Lipinski definition) is 0. The molecule has 1 saturated heterocycles. The molecule has 0 aromatic carbocycles. The Kier molecular flexibility index (Phi) is 3.80. The Hall–Kier alpha value is -1.17. The van der Waals surface area contributed by atoms with Gasteiger partial charge in [-0.1, -0.05) is 6.42 Å². The first-order valence-electron chi connectivity index (χ1n) is 8.57. The zero-order valence-corrected chi connectivity index (χ0v) is 14.0. The van der Waals surface area contributed by atoms with E-state index in [2.05, 4.69) is 9.27 Å². The first-order valence-corrected chi connectivity index (χ1v) is 9.35. The number of hydrogen-bond acceptors (Lipinski definition) is 5. The Morgan fingerprint density at radius 3 is 2.50 bits per heavy atom. The van der Waals surface area contributed by atoms with E-state index in [-0.39, 0.29) is 0 Å². The maximum absolute atomic E-state index is 12.4. The van der Waals surface area contributed by atoms with Gasteiger partial charge in [-0.3, -0.25) is 4.79 Å². The summed E-state index contributed by atoms with van der Waals surface area (Å²) in [6.45, 7) is 1.98. The molecule has 1 aromatic rings. The number of anilines is 1. The highest BCUT2D eigenvalue weighted by atomic mass is 32.1. The first kappa shape index (κ1) is 14.4. The van der Waals surface area contributed by atoms with Crippen LogP contribution < -0.4 is 4.90 Å². The Morgan fingerprint density at radius 1 is 1.18 bits per heavy atom. The second-order valence-electron chi connectivity index (χ2n) is 7.00. The molecule has 1 amide bonds. The fourth-order valence-corrected chi connectivity index (χ4v) is 4.23. The minimum Gasteiger partial charge on any atom is -0.347 e. The van der Waals surface area contributed by atoms with E-state index in [0.717, 1.165) is 49.7 Å². The number of nitrogens with zero attached hydrogens (tertiary/aromatic N) is 4. The molecule has 2 saturated carbocycles. The van der Waals surface area contributed by atoms with Crippen LogP contribution in [0.1, 0.15) is 56.7 Å². The van der Waals surface area contributed by atoms with Gasteiger partial charge in [0, 0.05) is 49.5 Å². The molecular formula is C16H24N4OS. The molecule has 2 aliphatic carbocycles. The van der Waals surface area contributed by atoms with E-state index in [9.17, 15) is 4.79 Å². The Labute approximate surface area is 135 Å². The third-order valence-electron chi connectivity index (χ3n) is 5.46. The highest BCUT2D eigenvalue weighted by Crippen LogP contribution is 2.40. The van der Waals surface area contributed by atoms with Crippen LogP contribution in [-0.4, -0.2) is 46.3 Å². The lowest BCUT2D eigenvalue weighted by Crippen LogP contribution is -2.48. The maximum Gasteiger partial charge on any atom is 0.225 e. The highest BCUT2D eigenvalue weighted by Gasteiger charge is 2.33. The summed E-state index contributed by atoms with van der Waals surface area (Å²) >= 11 is 1.54. The Bertz CT molecular complexity index is 544. The van der Waals surface area contributed by atoms with Crippen LogP contribution in [0.3, 0.4) is 0 Å². The summed E-state index contributed by atoms with van der Waals surface area (Å²) < 4.78 is 4.50. The van der Waals surface area contributed by atoms with Gasteiger partial charge in [-0.15, -0.1) is 0 Å². The number of aromatic nitrogens is 2. The van der Waals surface area contributed by atoms with Gasteiger partial charge in [0.2, 0.25) is 11.0 Å². The second-order valence-corrected chi connectivity index (χ2v) is 7.73. The molecule has 0 unspecified atom stereocenters. The van der Waals surface area contributed by atoms with Crippen molar-refractivity contribution in [2.75, 3.05) is 25.0 Å². The zero-order chi connectivity index (χ0) is 15.1. The summed E-state index contributed by atoms with van der Waals surface area (Å²) in [4.78, 5) is 21.4. The molecule has 0 N–H and O–H groups in total. The molecule has 1 aliphatic heterocycles. The number of amides is 1. The quantitative estimate of drug-likeness (QED) is 0.856. The van der Waals surface area contributed by atoms with Crippen LogP contribution in [-0.2, 0) is 4.79 Å². The summed E-state index contributed by atoms with van der Waals surface area (Å²) in [5.74, 6) is 2.37. The number of rotatable bonds is 4. The average Bonchev–Trinajstić information content (AvgIpc) is 3.22. The molecule has 5 nitrogen and oxygen atoms in total. The number of carbonyl (C=O) groups excluding carboxylic acids is 1. The highest BCUT2D eigenvalue weighted by molar-refractivity contribution is 7.09. The molecule has 6 heteroatoms. The predicted octanol–water partition coefficient (Wildman–Crippen LogP) is 2.64. The van der Waals surface area contributed by atoms with Crippen LogP contribution in [0.25, 0.3) is 0 Å². The predicted molar refractivity (Wildman–Crippen MR) is 87.2 cm³/mol. The first-order chi connectivity index (χ1) is 10.7. The lowest BCUT2D eigenvalue weighted by Gasteiger charge is -2.39. The van der Waals surface area contributed by atoms with Crippen molar-refractivity contribution < 1.29 is 4.79 Å². The van der Waals surface area contributed by atoms with Crippen LogP contribution in [0.4, 0.5) is 5.13 Å².